The fourth-order valence-corrected chi connectivity index (χ4v) is 2.80. The van der Waals surface area contributed by atoms with Gasteiger partial charge in [0.2, 0.25) is 5.91 Å². The Hall–Kier alpha value is -1.98. The Bertz CT molecular complexity index is 713. The lowest BCUT2D eigenvalue weighted by Gasteiger charge is -2.12. The highest BCUT2D eigenvalue weighted by Gasteiger charge is 2.27. The van der Waals surface area contributed by atoms with Gasteiger partial charge < -0.3 is 5.32 Å². The van der Waals surface area contributed by atoms with Gasteiger partial charge in [0, 0.05) is 16.6 Å². The molecule has 2 aromatic carbocycles. The van der Waals surface area contributed by atoms with Crippen molar-refractivity contribution in [3.8, 4) is 0 Å². The molecule has 1 atom stereocenters. The van der Waals surface area contributed by atoms with E-state index in [2.05, 4.69) is 26.6 Å². The summed E-state index contributed by atoms with van der Waals surface area (Å²) in [6, 6.07) is 14.5. The summed E-state index contributed by atoms with van der Waals surface area (Å²) in [6.07, 6.45) is 0. The summed E-state index contributed by atoms with van der Waals surface area (Å²) in [5, 5.41) is 5.88. The van der Waals surface area contributed by atoms with Crippen LogP contribution < -0.4 is 10.6 Å². The first-order valence-electron chi connectivity index (χ1n) is 7.03. The average molecular weight is 359 g/mol. The summed E-state index contributed by atoms with van der Waals surface area (Å²) in [6.45, 7) is 0.676. The predicted molar refractivity (Wildman–Crippen MR) is 87.5 cm³/mol. The maximum Gasteiger partial charge on any atom is 0.242 e. The Balaban J connectivity index is 1.61. The Kier molecular flexibility index (Phi) is 4.36. The van der Waals surface area contributed by atoms with E-state index in [1.165, 1.54) is 0 Å². The van der Waals surface area contributed by atoms with Crippen LogP contribution in [0, 0.1) is 0 Å². The molecule has 2 N–H and O–H groups in total. The van der Waals surface area contributed by atoms with E-state index in [-0.39, 0.29) is 24.3 Å². The number of ketones is 1. The molecule has 0 radical (unpaired) electrons. The lowest BCUT2D eigenvalue weighted by Crippen LogP contribution is -2.37. The van der Waals surface area contributed by atoms with Gasteiger partial charge in [0.05, 0.1) is 6.54 Å². The second-order valence-electron chi connectivity index (χ2n) is 5.16. The molecule has 1 heterocycles. The minimum absolute atomic E-state index is 0.000806. The van der Waals surface area contributed by atoms with Crippen molar-refractivity contribution in [1.29, 1.82) is 0 Å². The van der Waals surface area contributed by atoms with E-state index in [1.54, 1.807) is 12.1 Å². The predicted octanol–water partition coefficient (Wildman–Crippen LogP) is 2.59. The van der Waals surface area contributed by atoms with E-state index in [9.17, 15) is 9.59 Å². The number of Topliss-reactive ketones (excluding diaryl/α,β-unsaturated/α-hetero) is 1. The van der Waals surface area contributed by atoms with Gasteiger partial charge in [-0.1, -0.05) is 52.3 Å². The van der Waals surface area contributed by atoms with E-state index in [4.69, 9.17) is 0 Å². The van der Waals surface area contributed by atoms with Crippen LogP contribution in [0.1, 0.15) is 27.5 Å². The molecule has 4 nitrogen and oxygen atoms in total. The van der Waals surface area contributed by atoms with E-state index in [1.807, 2.05) is 36.4 Å². The second kappa shape index (κ2) is 6.42. The molecule has 1 aliphatic rings. The number of hydrogen-bond acceptors (Lipinski definition) is 3. The summed E-state index contributed by atoms with van der Waals surface area (Å²) >= 11 is 3.33. The topological polar surface area (TPSA) is 58.2 Å². The molecule has 1 amide bonds. The van der Waals surface area contributed by atoms with Crippen LogP contribution in [0.25, 0.3) is 0 Å². The zero-order valence-electron chi connectivity index (χ0n) is 11.8. The van der Waals surface area contributed by atoms with Gasteiger partial charge in [0.15, 0.2) is 5.78 Å². The normalized spacial score (nSPS) is 16.1. The van der Waals surface area contributed by atoms with Crippen molar-refractivity contribution < 1.29 is 9.59 Å². The number of benzene rings is 2. The molecule has 3 rings (SSSR count). The SMILES string of the molecule is O=C(CNC(=O)C1NCc2ccccc21)c1ccc(Br)cc1. The van der Waals surface area contributed by atoms with E-state index >= 15 is 0 Å². The van der Waals surface area contributed by atoms with Crippen molar-refractivity contribution >= 4 is 27.6 Å². The van der Waals surface area contributed by atoms with Crippen LogP contribution in [0.3, 0.4) is 0 Å². The molecule has 1 unspecified atom stereocenters. The summed E-state index contributed by atoms with van der Waals surface area (Å²) in [5.41, 5.74) is 2.70. The van der Waals surface area contributed by atoms with Gasteiger partial charge in [0.1, 0.15) is 6.04 Å². The Morgan fingerprint density at radius 1 is 1.14 bits per heavy atom. The van der Waals surface area contributed by atoms with Crippen LogP contribution in [-0.4, -0.2) is 18.2 Å². The highest BCUT2D eigenvalue weighted by molar-refractivity contribution is 9.10. The number of amides is 1. The smallest absolute Gasteiger partial charge is 0.242 e. The molecule has 112 valence electrons. The zero-order valence-corrected chi connectivity index (χ0v) is 13.4. The van der Waals surface area contributed by atoms with Crippen LogP contribution in [0.15, 0.2) is 53.0 Å². The number of carbonyl (C=O) groups is 2. The first kappa shape index (κ1) is 14.9. The molecular formula is C17H15BrN2O2. The molecule has 0 saturated heterocycles. The number of carbonyl (C=O) groups excluding carboxylic acids is 2. The third kappa shape index (κ3) is 3.10. The van der Waals surface area contributed by atoms with Crippen molar-refractivity contribution in [3.63, 3.8) is 0 Å². The third-order valence-corrected chi connectivity index (χ3v) is 4.24. The average Bonchev–Trinajstić information content (AvgIpc) is 2.97. The Morgan fingerprint density at radius 3 is 2.64 bits per heavy atom. The Labute approximate surface area is 137 Å². The monoisotopic (exact) mass is 358 g/mol. The molecule has 0 aromatic heterocycles. The van der Waals surface area contributed by atoms with Crippen LogP contribution in [0.5, 0.6) is 0 Å². The number of hydrogen-bond donors (Lipinski definition) is 2. The molecular weight excluding hydrogens is 344 g/mol. The maximum atomic E-state index is 12.3. The van der Waals surface area contributed by atoms with Gasteiger partial charge in [-0.25, -0.2) is 0 Å². The lowest BCUT2D eigenvalue weighted by atomic mass is 10.0. The number of rotatable bonds is 4. The van der Waals surface area contributed by atoms with Crippen molar-refractivity contribution in [3.05, 3.63) is 69.7 Å². The van der Waals surface area contributed by atoms with Crippen molar-refractivity contribution in [1.82, 2.24) is 10.6 Å². The number of halogens is 1. The van der Waals surface area contributed by atoms with Crippen molar-refractivity contribution in [2.75, 3.05) is 6.54 Å². The maximum absolute atomic E-state index is 12.3. The standard InChI is InChI=1S/C17H15BrN2O2/c18-13-7-5-11(6-8-13)15(21)10-20-17(22)16-14-4-2-1-3-12(14)9-19-16/h1-8,16,19H,9-10H2,(H,20,22). The van der Waals surface area contributed by atoms with Crippen LogP contribution in [-0.2, 0) is 11.3 Å². The minimum atomic E-state index is -0.381. The second-order valence-corrected chi connectivity index (χ2v) is 6.08. The number of fused-ring (bicyclic) bond motifs is 1. The molecule has 0 spiro atoms. The fourth-order valence-electron chi connectivity index (χ4n) is 2.54. The number of nitrogens with one attached hydrogen (secondary N) is 2. The van der Waals surface area contributed by atoms with Gasteiger partial charge in [0.25, 0.3) is 0 Å². The van der Waals surface area contributed by atoms with Gasteiger partial charge in [-0.2, -0.15) is 0 Å². The highest BCUT2D eigenvalue weighted by Crippen LogP contribution is 2.24. The highest BCUT2D eigenvalue weighted by atomic mass is 79.9. The molecule has 22 heavy (non-hydrogen) atoms. The first-order valence-corrected chi connectivity index (χ1v) is 7.82. The molecule has 0 aliphatic carbocycles. The van der Waals surface area contributed by atoms with Crippen LogP contribution in [0.2, 0.25) is 0 Å². The van der Waals surface area contributed by atoms with Gasteiger partial charge in [-0.3, -0.25) is 14.9 Å². The van der Waals surface area contributed by atoms with Crippen molar-refractivity contribution in [2.24, 2.45) is 0 Å². The molecule has 0 fully saturated rings. The summed E-state index contributed by atoms with van der Waals surface area (Å²) in [4.78, 5) is 24.3. The quantitative estimate of drug-likeness (QED) is 0.825. The third-order valence-electron chi connectivity index (χ3n) is 3.71. The summed E-state index contributed by atoms with van der Waals surface area (Å²) < 4.78 is 0.917. The summed E-state index contributed by atoms with van der Waals surface area (Å²) in [5.74, 6) is -0.275. The van der Waals surface area contributed by atoms with Crippen LogP contribution in [0.4, 0.5) is 0 Å². The van der Waals surface area contributed by atoms with Gasteiger partial charge >= 0.3 is 0 Å². The zero-order chi connectivity index (χ0) is 15.5. The molecule has 0 bridgehead atoms. The van der Waals surface area contributed by atoms with E-state index in [0.29, 0.717) is 12.1 Å². The van der Waals surface area contributed by atoms with E-state index < -0.39 is 0 Å². The van der Waals surface area contributed by atoms with Crippen molar-refractivity contribution in [2.45, 2.75) is 12.6 Å². The Morgan fingerprint density at radius 2 is 1.86 bits per heavy atom. The van der Waals surface area contributed by atoms with Gasteiger partial charge in [-0.05, 0) is 23.3 Å². The lowest BCUT2D eigenvalue weighted by molar-refractivity contribution is -0.122. The first-order chi connectivity index (χ1) is 10.6. The van der Waals surface area contributed by atoms with E-state index in [0.717, 1.165) is 15.6 Å². The molecule has 0 saturated carbocycles. The summed E-state index contributed by atoms with van der Waals surface area (Å²) in [7, 11) is 0. The largest absolute Gasteiger partial charge is 0.347 e. The molecule has 5 heteroatoms. The molecule has 1 aliphatic heterocycles. The van der Waals surface area contributed by atoms with Gasteiger partial charge in [-0.15, -0.1) is 0 Å². The van der Waals surface area contributed by atoms with Crippen LogP contribution >= 0.6 is 15.9 Å². The fraction of sp³-hybridized carbons (Fsp3) is 0.176. The molecule has 2 aromatic rings. The minimum Gasteiger partial charge on any atom is -0.347 e.